The number of fused-ring (bicyclic) bond motifs is 2. The summed E-state index contributed by atoms with van der Waals surface area (Å²) in [6.45, 7) is 1.73. The van der Waals surface area contributed by atoms with Crippen molar-refractivity contribution in [1.29, 1.82) is 0 Å². The predicted molar refractivity (Wildman–Crippen MR) is 91.2 cm³/mol. The zero-order valence-electron chi connectivity index (χ0n) is 13.1. The van der Waals surface area contributed by atoms with Crippen molar-refractivity contribution in [3.63, 3.8) is 0 Å². The van der Waals surface area contributed by atoms with Crippen LogP contribution in [0.2, 0.25) is 0 Å². The minimum absolute atomic E-state index is 0.167. The lowest BCUT2D eigenvalue weighted by atomic mass is 9.81. The maximum Gasteiger partial charge on any atom is 0.0361 e. The normalized spacial score (nSPS) is 32.8. The van der Waals surface area contributed by atoms with Gasteiger partial charge in [-0.15, -0.1) is 0 Å². The molecule has 2 aliphatic rings. The van der Waals surface area contributed by atoms with E-state index in [1.54, 1.807) is 0 Å². The Labute approximate surface area is 136 Å². The molecule has 0 saturated carbocycles. The smallest absolute Gasteiger partial charge is 0.0361 e. The van der Waals surface area contributed by atoms with E-state index < -0.39 is 0 Å². The lowest BCUT2D eigenvalue weighted by Gasteiger charge is -2.50. The predicted octanol–water partition coefficient (Wildman–Crippen LogP) is 2.84. The molecule has 2 unspecified atom stereocenters. The van der Waals surface area contributed by atoms with E-state index in [4.69, 9.17) is 5.73 Å². The van der Waals surface area contributed by atoms with Gasteiger partial charge in [-0.2, -0.15) is 0 Å². The topological polar surface area (TPSA) is 32.5 Å². The molecule has 4 heteroatoms. The van der Waals surface area contributed by atoms with E-state index in [1.165, 1.54) is 31.2 Å². The number of hydrogen-bond donors (Lipinski definition) is 1. The Morgan fingerprint density at radius 3 is 2.57 bits per heavy atom. The van der Waals surface area contributed by atoms with Crippen molar-refractivity contribution >= 4 is 15.9 Å². The van der Waals surface area contributed by atoms with Crippen molar-refractivity contribution < 1.29 is 0 Å². The molecule has 116 valence electrons. The quantitative estimate of drug-likeness (QED) is 0.905. The largest absolute Gasteiger partial charge is 0.329 e. The molecular formula is C17H26BrN3. The maximum absolute atomic E-state index is 6.25. The van der Waals surface area contributed by atoms with Crippen LogP contribution in [-0.4, -0.2) is 48.1 Å². The molecule has 0 aliphatic carbocycles. The molecule has 21 heavy (non-hydrogen) atoms. The maximum atomic E-state index is 6.25. The zero-order chi connectivity index (χ0) is 15.0. The Balaban J connectivity index is 1.77. The molecule has 0 spiro atoms. The fourth-order valence-corrected chi connectivity index (χ4v) is 4.70. The lowest BCUT2D eigenvalue weighted by molar-refractivity contribution is 0.0118. The molecule has 1 aromatic rings. The van der Waals surface area contributed by atoms with E-state index in [-0.39, 0.29) is 5.54 Å². The van der Waals surface area contributed by atoms with Crippen LogP contribution in [-0.2, 0) is 6.54 Å². The van der Waals surface area contributed by atoms with E-state index in [2.05, 4.69) is 64.1 Å². The Morgan fingerprint density at radius 1 is 1.33 bits per heavy atom. The highest BCUT2D eigenvalue weighted by molar-refractivity contribution is 9.10. The van der Waals surface area contributed by atoms with Crippen molar-refractivity contribution in [2.45, 2.75) is 49.9 Å². The van der Waals surface area contributed by atoms with Gasteiger partial charge in [-0.1, -0.05) is 28.1 Å². The number of likely N-dealkylation sites (N-methyl/N-ethyl adjacent to an activating group) is 1. The molecule has 2 bridgehead atoms. The third-order valence-corrected chi connectivity index (χ3v) is 6.21. The highest BCUT2D eigenvalue weighted by Crippen LogP contribution is 2.42. The summed E-state index contributed by atoms with van der Waals surface area (Å²) >= 11 is 3.57. The minimum atomic E-state index is 0.167. The van der Waals surface area contributed by atoms with Gasteiger partial charge in [0.25, 0.3) is 0 Å². The van der Waals surface area contributed by atoms with Gasteiger partial charge in [0.15, 0.2) is 0 Å². The lowest BCUT2D eigenvalue weighted by Crippen LogP contribution is -2.60. The number of rotatable bonds is 4. The highest BCUT2D eigenvalue weighted by atomic mass is 79.9. The van der Waals surface area contributed by atoms with Crippen LogP contribution in [0.15, 0.2) is 28.7 Å². The molecular weight excluding hydrogens is 326 g/mol. The van der Waals surface area contributed by atoms with Crippen molar-refractivity contribution in [3.05, 3.63) is 34.3 Å². The van der Waals surface area contributed by atoms with E-state index in [0.29, 0.717) is 0 Å². The monoisotopic (exact) mass is 351 g/mol. The summed E-state index contributed by atoms with van der Waals surface area (Å²) < 4.78 is 1.15. The second kappa shape index (κ2) is 5.99. The molecule has 0 amide bonds. The highest BCUT2D eigenvalue weighted by Gasteiger charge is 2.48. The van der Waals surface area contributed by atoms with Crippen LogP contribution in [0.25, 0.3) is 0 Å². The molecule has 2 heterocycles. The molecule has 3 nitrogen and oxygen atoms in total. The van der Waals surface area contributed by atoms with Gasteiger partial charge in [-0.25, -0.2) is 0 Å². The fourth-order valence-electron chi connectivity index (χ4n) is 4.25. The average molecular weight is 352 g/mol. The summed E-state index contributed by atoms with van der Waals surface area (Å²) in [5, 5.41) is 0. The summed E-state index contributed by atoms with van der Waals surface area (Å²) in [5.74, 6) is 0. The van der Waals surface area contributed by atoms with Crippen molar-refractivity contribution in [2.24, 2.45) is 5.73 Å². The Morgan fingerprint density at radius 2 is 2.00 bits per heavy atom. The summed E-state index contributed by atoms with van der Waals surface area (Å²) in [5.41, 5.74) is 7.77. The first-order valence-electron chi connectivity index (χ1n) is 7.92. The van der Waals surface area contributed by atoms with Gasteiger partial charge in [0.05, 0.1) is 0 Å². The fraction of sp³-hybridized carbons (Fsp3) is 0.647. The minimum Gasteiger partial charge on any atom is -0.329 e. The van der Waals surface area contributed by atoms with Crippen LogP contribution in [0.5, 0.6) is 0 Å². The SMILES string of the molecule is CN1C2CCC1CC(CN)(N(C)Cc1cccc(Br)c1)C2. The van der Waals surface area contributed by atoms with Gasteiger partial charge in [-0.3, -0.25) is 4.90 Å². The van der Waals surface area contributed by atoms with Gasteiger partial charge in [0, 0.05) is 35.2 Å². The standard InChI is InChI=1S/C17H26BrN3/c1-20(11-13-4-3-5-14(18)8-13)17(12-19)9-15-6-7-16(10-17)21(15)2/h3-5,8,15-16H,6-7,9-12,19H2,1-2H3. The molecule has 2 atom stereocenters. The van der Waals surface area contributed by atoms with E-state index in [9.17, 15) is 0 Å². The number of halogens is 1. The molecule has 3 rings (SSSR count). The van der Waals surface area contributed by atoms with Gasteiger partial charge < -0.3 is 10.6 Å². The number of hydrogen-bond acceptors (Lipinski definition) is 3. The van der Waals surface area contributed by atoms with Gasteiger partial charge in [-0.05, 0) is 57.5 Å². The second-order valence-electron chi connectivity index (χ2n) is 6.87. The third-order valence-electron chi connectivity index (χ3n) is 5.71. The zero-order valence-corrected chi connectivity index (χ0v) is 14.6. The molecule has 0 aromatic heterocycles. The summed E-state index contributed by atoms with van der Waals surface area (Å²) in [4.78, 5) is 5.09. The van der Waals surface area contributed by atoms with Crippen LogP contribution in [0.1, 0.15) is 31.2 Å². The van der Waals surface area contributed by atoms with E-state index >= 15 is 0 Å². The number of piperidine rings is 1. The van der Waals surface area contributed by atoms with Crippen LogP contribution >= 0.6 is 15.9 Å². The Hall–Kier alpha value is -0.420. The third kappa shape index (κ3) is 2.91. The first kappa shape index (κ1) is 15.5. The van der Waals surface area contributed by atoms with Crippen LogP contribution in [0.4, 0.5) is 0 Å². The van der Waals surface area contributed by atoms with Crippen LogP contribution in [0.3, 0.4) is 0 Å². The van der Waals surface area contributed by atoms with E-state index in [1.807, 2.05) is 0 Å². The van der Waals surface area contributed by atoms with Gasteiger partial charge >= 0.3 is 0 Å². The van der Waals surface area contributed by atoms with E-state index in [0.717, 1.165) is 29.6 Å². The van der Waals surface area contributed by atoms with Gasteiger partial charge in [0.1, 0.15) is 0 Å². The molecule has 2 aliphatic heterocycles. The first-order chi connectivity index (χ1) is 10.0. The molecule has 0 radical (unpaired) electrons. The van der Waals surface area contributed by atoms with Crippen molar-refractivity contribution in [3.8, 4) is 0 Å². The molecule has 2 saturated heterocycles. The summed E-state index contributed by atoms with van der Waals surface area (Å²) in [6, 6.07) is 10.0. The summed E-state index contributed by atoms with van der Waals surface area (Å²) in [7, 11) is 4.54. The number of nitrogens with two attached hydrogens (primary N) is 1. The number of nitrogens with zero attached hydrogens (tertiary/aromatic N) is 2. The van der Waals surface area contributed by atoms with Crippen LogP contribution in [0, 0.1) is 0 Å². The van der Waals surface area contributed by atoms with Crippen molar-refractivity contribution in [1.82, 2.24) is 9.80 Å². The molecule has 2 N–H and O–H groups in total. The van der Waals surface area contributed by atoms with Crippen LogP contribution < -0.4 is 5.73 Å². The summed E-state index contributed by atoms with van der Waals surface area (Å²) in [6.07, 6.45) is 5.10. The number of benzene rings is 1. The molecule has 2 fully saturated rings. The Kier molecular flexibility index (Phi) is 4.42. The second-order valence-corrected chi connectivity index (χ2v) is 7.79. The average Bonchev–Trinajstić information content (AvgIpc) is 2.70. The van der Waals surface area contributed by atoms with Crippen molar-refractivity contribution in [2.75, 3.05) is 20.6 Å². The first-order valence-corrected chi connectivity index (χ1v) is 8.71. The molecule has 1 aromatic carbocycles. The van der Waals surface area contributed by atoms with Gasteiger partial charge in [0.2, 0.25) is 0 Å². The Bertz CT molecular complexity index is 491.